The number of benzene rings is 1. The molecule has 4 rings (SSSR count). The Labute approximate surface area is 138 Å². The number of rotatable bonds is 2. The van der Waals surface area contributed by atoms with E-state index in [9.17, 15) is 9.59 Å². The first-order chi connectivity index (χ1) is 11.0. The van der Waals surface area contributed by atoms with Gasteiger partial charge in [-0.1, -0.05) is 11.6 Å². The predicted molar refractivity (Wildman–Crippen MR) is 86.5 cm³/mol. The molecule has 2 saturated carbocycles. The molecule has 2 bridgehead atoms. The fourth-order valence-electron chi connectivity index (χ4n) is 4.14. The van der Waals surface area contributed by atoms with Crippen LogP contribution in [0.2, 0.25) is 5.02 Å². The molecule has 0 saturated heterocycles. The van der Waals surface area contributed by atoms with E-state index in [4.69, 9.17) is 22.1 Å². The Morgan fingerprint density at radius 2 is 2.13 bits per heavy atom. The van der Waals surface area contributed by atoms with Crippen molar-refractivity contribution in [3.63, 3.8) is 0 Å². The smallest absolute Gasteiger partial charge is 0.262 e. The highest BCUT2D eigenvalue weighted by atomic mass is 35.5. The van der Waals surface area contributed by atoms with E-state index >= 15 is 0 Å². The van der Waals surface area contributed by atoms with Crippen molar-refractivity contribution in [2.24, 2.45) is 23.5 Å². The Morgan fingerprint density at radius 1 is 1.35 bits per heavy atom. The Hall–Kier alpha value is -1.79. The lowest BCUT2D eigenvalue weighted by Gasteiger charge is -2.27. The van der Waals surface area contributed by atoms with E-state index in [1.807, 2.05) is 0 Å². The molecule has 0 aromatic heterocycles. The van der Waals surface area contributed by atoms with Crippen LogP contribution in [-0.4, -0.2) is 24.5 Å². The van der Waals surface area contributed by atoms with E-state index in [0.29, 0.717) is 34.0 Å². The summed E-state index contributed by atoms with van der Waals surface area (Å²) in [6, 6.07) is 3.17. The second kappa shape index (κ2) is 5.39. The number of nitrogens with one attached hydrogen (secondary N) is 2. The van der Waals surface area contributed by atoms with Crippen LogP contribution in [0, 0.1) is 17.8 Å². The number of ether oxygens (including phenoxy) is 1. The summed E-state index contributed by atoms with van der Waals surface area (Å²) in [7, 11) is 0. The standard InChI is InChI=1S/C16H18ClN3O3/c17-9-4-11-12(23-6-13(21)19-11)5-10(9)20-16(22)14-7-1-2-8(3-7)15(14)18/h4-5,7-8,14-15H,1-3,6,18H2,(H,19,21)(H,20,22). The summed E-state index contributed by atoms with van der Waals surface area (Å²) < 4.78 is 5.36. The molecule has 0 radical (unpaired) electrons. The number of hydrogen-bond acceptors (Lipinski definition) is 4. The summed E-state index contributed by atoms with van der Waals surface area (Å²) in [4.78, 5) is 23.9. The average Bonchev–Trinajstić information content (AvgIpc) is 3.09. The molecule has 2 aliphatic carbocycles. The van der Waals surface area contributed by atoms with Crippen LogP contribution in [0.1, 0.15) is 19.3 Å². The summed E-state index contributed by atoms with van der Waals surface area (Å²) in [5.41, 5.74) is 7.22. The lowest BCUT2D eigenvalue weighted by atomic mass is 9.84. The van der Waals surface area contributed by atoms with Gasteiger partial charge >= 0.3 is 0 Å². The highest BCUT2D eigenvalue weighted by Crippen LogP contribution is 2.48. The van der Waals surface area contributed by atoms with Crippen LogP contribution < -0.4 is 21.1 Å². The van der Waals surface area contributed by atoms with Gasteiger partial charge in [-0.2, -0.15) is 0 Å². The van der Waals surface area contributed by atoms with Crippen molar-refractivity contribution in [2.45, 2.75) is 25.3 Å². The molecule has 2 fully saturated rings. The molecular weight excluding hydrogens is 318 g/mol. The van der Waals surface area contributed by atoms with Gasteiger partial charge in [-0.25, -0.2) is 0 Å². The van der Waals surface area contributed by atoms with E-state index in [1.54, 1.807) is 12.1 Å². The molecule has 4 N–H and O–H groups in total. The first-order valence-electron chi connectivity index (χ1n) is 7.85. The maximum atomic E-state index is 12.6. The van der Waals surface area contributed by atoms with Crippen LogP contribution in [0.3, 0.4) is 0 Å². The predicted octanol–water partition coefficient (Wildman–Crippen LogP) is 1.98. The fourth-order valence-corrected chi connectivity index (χ4v) is 4.35. The van der Waals surface area contributed by atoms with Crippen molar-refractivity contribution >= 4 is 34.8 Å². The minimum Gasteiger partial charge on any atom is -0.482 e. The van der Waals surface area contributed by atoms with Crippen molar-refractivity contribution in [1.29, 1.82) is 0 Å². The Bertz CT molecular complexity index is 691. The number of fused-ring (bicyclic) bond motifs is 3. The molecule has 2 amide bonds. The largest absolute Gasteiger partial charge is 0.482 e. The zero-order chi connectivity index (χ0) is 16.1. The third-order valence-corrected chi connectivity index (χ3v) is 5.56. The lowest BCUT2D eigenvalue weighted by molar-refractivity contribution is -0.122. The molecule has 1 heterocycles. The topological polar surface area (TPSA) is 93.5 Å². The minimum absolute atomic E-state index is 0.0424. The van der Waals surface area contributed by atoms with Crippen molar-refractivity contribution in [2.75, 3.05) is 17.2 Å². The van der Waals surface area contributed by atoms with E-state index in [2.05, 4.69) is 10.6 Å². The van der Waals surface area contributed by atoms with Gasteiger partial charge in [0.05, 0.1) is 22.3 Å². The van der Waals surface area contributed by atoms with Crippen LogP contribution in [0.5, 0.6) is 5.75 Å². The summed E-state index contributed by atoms with van der Waals surface area (Å²) in [6.07, 6.45) is 3.25. The number of carbonyl (C=O) groups is 2. The van der Waals surface area contributed by atoms with Crippen molar-refractivity contribution in [3.8, 4) is 5.75 Å². The number of halogens is 1. The maximum Gasteiger partial charge on any atom is 0.262 e. The summed E-state index contributed by atoms with van der Waals surface area (Å²) in [5.74, 6) is 0.892. The van der Waals surface area contributed by atoms with Gasteiger partial charge in [-0.3, -0.25) is 9.59 Å². The van der Waals surface area contributed by atoms with Gasteiger partial charge in [0.2, 0.25) is 5.91 Å². The van der Waals surface area contributed by atoms with Gasteiger partial charge < -0.3 is 21.1 Å². The molecule has 6 nitrogen and oxygen atoms in total. The zero-order valence-electron chi connectivity index (χ0n) is 12.5. The highest BCUT2D eigenvalue weighted by molar-refractivity contribution is 6.34. The van der Waals surface area contributed by atoms with E-state index in [-0.39, 0.29) is 30.4 Å². The molecule has 7 heteroatoms. The van der Waals surface area contributed by atoms with Crippen LogP contribution in [0.25, 0.3) is 0 Å². The number of anilines is 2. The van der Waals surface area contributed by atoms with Crippen LogP contribution in [0.4, 0.5) is 11.4 Å². The number of carbonyl (C=O) groups excluding carboxylic acids is 2. The molecule has 3 aliphatic rings. The quantitative estimate of drug-likeness (QED) is 0.770. The second-order valence-electron chi connectivity index (χ2n) is 6.59. The SMILES string of the molecule is NC1C2CCC(C2)C1C(=O)Nc1cc2c(cc1Cl)NC(=O)CO2. The molecule has 23 heavy (non-hydrogen) atoms. The third-order valence-electron chi connectivity index (χ3n) is 5.24. The summed E-state index contributed by atoms with van der Waals surface area (Å²) in [5, 5.41) is 5.93. The van der Waals surface area contributed by atoms with Gasteiger partial charge in [0.1, 0.15) is 5.75 Å². The molecule has 1 aromatic rings. The van der Waals surface area contributed by atoms with Crippen LogP contribution in [0.15, 0.2) is 12.1 Å². The second-order valence-corrected chi connectivity index (χ2v) is 7.00. The Morgan fingerprint density at radius 3 is 2.87 bits per heavy atom. The molecule has 4 atom stereocenters. The summed E-state index contributed by atoms with van der Waals surface area (Å²) in [6.45, 7) is -0.0424. The first-order valence-corrected chi connectivity index (χ1v) is 8.23. The summed E-state index contributed by atoms with van der Waals surface area (Å²) >= 11 is 6.22. The van der Waals surface area contributed by atoms with Gasteiger partial charge in [-0.15, -0.1) is 0 Å². The average molecular weight is 336 g/mol. The fraction of sp³-hybridized carbons (Fsp3) is 0.500. The molecular formula is C16H18ClN3O3. The van der Waals surface area contributed by atoms with Gasteiger partial charge in [0.25, 0.3) is 5.91 Å². The van der Waals surface area contributed by atoms with Gasteiger partial charge in [-0.05, 0) is 37.2 Å². The molecule has 4 unspecified atom stereocenters. The third kappa shape index (κ3) is 2.46. The zero-order valence-corrected chi connectivity index (χ0v) is 13.2. The van der Waals surface area contributed by atoms with Crippen molar-refractivity contribution < 1.29 is 14.3 Å². The normalized spacial score (nSPS) is 31.3. The Kier molecular flexibility index (Phi) is 3.46. The lowest BCUT2D eigenvalue weighted by Crippen LogP contribution is -2.42. The van der Waals surface area contributed by atoms with Crippen molar-refractivity contribution in [1.82, 2.24) is 0 Å². The maximum absolute atomic E-state index is 12.6. The van der Waals surface area contributed by atoms with E-state index < -0.39 is 0 Å². The Balaban J connectivity index is 1.55. The monoisotopic (exact) mass is 335 g/mol. The van der Waals surface area contributed by atoms with E-state index in [1.165, 1.54) is 0 Å². The van der Waals surface area contributed by atoms with Crippen LogP contribution in [-0.2, 0) is 9.59 Å². The molecule has 122 valence electrons. The number of amides is 2. The minimum atomic E-state index is -0.224. The highest BCUT2D eigenvalue weighted by Gasteiger charge is 2.49. The molecule has 1 aromatic carbocycles. The van der Waals surface area contributed by atoms with Gasteiger partial charge in [0.15, 0.2) is 6.61 Å². The van der Waals surface area contributed by atoms with Crippen molar-refractivity contribution in [3.05, 3.63) is 17.2 Å². The van der Waals surface area contributed by atoms with Gasteiger partial charge in [0, 0.05) is 12.1 Å². The molecule has 1 aliphatic heterocycles. The van der Waals surface area contributed by atoms with E-state index in [0.717, 1.165) is 19.3 Å². The number of hydrogen-bond donors (Lipinski definition) is 3. The first kappa shape index (κ1) is 14.8. The van der Waals surface area contributed by atoms with Crippen LogP contribution >= 0.6 is 11.6 Å². The number of nitrogens with two attached hydrogens (primary N) is 1. The molecule has 0 spiro atoms.